The van der Waals surface area contributed by atoms with Crippen LogP contribution in [0.3, 0.4) is 0 Å². The summed E-state index contributed by atoms with van der Waals surface area (Å²) in [4.78, 5) is 13.5. The summed E-state index contributed by atoms with van der Waals surface area (Å²) < 4.78 is 0. The molecule has 0 aliphatic heterocycles. The number of para-hydroxylation sites is 1. The highest BCUT2D eigenvalue weighted by molar-refractivity contribution is 7.80. The van der Waals surface area contributed by atoms with E-state index in [1.54, 1.807) is 7.05 Å². The number of rotatable bonds is 5. The van der Waals surface area contributed by atoms with E-state index in [1.165, 1.54) is 0 Å². The number of benzene rings is 1. The van der Waals surface area contributed by atoms with Crippen molar-refractivity contribution in [3.8, 4) is 0 Å². The van der Waals surface area contributed by atoms with Crippen molar-refractivity contribution in [3.05, 3.63) is 29.8 Å². The third-order valence-electron chi connectivity index (χ3n) is 2.53. The molecule has 0 heterocycles. The molecule has 0 unspecified atom stereocenters. The van der Waals surface area contributed by atoms with Crippen molar-refractivity contribution in [3.63, 3.8) is 0 Å². The Labute approximate surface area is 107 Å². The Morgan fingerprint density at radius 3 is 2.71 bits per heavy atom. The SMILES string of the molecule is CNC(=O)CCN(C)c1ccccc1C(N)=S. The van der Waals surface area contributed by atoms with Gasteiger partial charge >= 0.3 is 0 Å². The molecule has 0 aliphatic rings. The van der Waals surface area contributed by atoms with Gasteiger partial charge in [-0.2, -0.15) is 0 Å². The molecule has 0 spiro atoms. The molecule has 0 atom stereocenters. The zero-order chi connectivity index (χ0) is 12.8. The fourth-order valence-corrected chi connectivity index (χ4v) is 1.70. The monoisotopic (exact) mass is 251 g/mol. The Hall–Kier alpha value is -1.62. The van der Waals surface area contributed by atoms with Crippen LogP contribution in [0, 0.1) is 0 Å². The minimum absolute atomic E-state index is 0.0182. The van der Waals surface area contributed by atoms with E-state index >= 15 is 0 Å². The van der Waals surface area contributed by atoms with E-state index in [9.17, 15) is 4.79 Å². The minimum Gasteiger partial charge on any atom is -0.389 e. The van der Waals surface area contributed by atoms with Crippen LogP contribution >= 0.6 is 12.2 Å². The molecule has 0 bridgehead atoms. The number of nitrogens with two attached hydrogens (primary N) is 1. The number of anilines is 1. The van der Waals surface area contributed by atoms with Gasteiger partial charge in [0, 0.05) is 38.3 Å². The second-order valence-electron chi connectivity index (χ2n) is 3.73. The van der Waals surface area contributed by atoms with Crippen LogP contribution in [0.1, 0.15) is 12.0 Å². The minimum atomic E-state index is 0.0182. The third-order valence-corrected chi connectivity index (χ3v) is 2.75. The summed E-state index contributed by atoms with van der Waals surface area (Å²) in [6, 6.07) is 7.64. The molecule has 0 aliphatic carbocycles. The lowest BCUT2D eigenvalue weighted by Gasteiger charge is -2.21. The lowest BCUT2D eigenvalue weighted by atomic mass is 10.1. The highest BCUT2D eigenvalue weighted by atomic mass is 32.1. The predicted molar refractivity (Wildman–Crippen MR) is 74.3 cm³/mol. The zero-order valence-electron chi connectivity index (χ0n) is 10.1. The van der Waals surface area contributed by atoms with Gasteiger partial charge in [0.1, 0.15) is 4.99 Å². The van der Waals surface area contributed by atoms with Gasteiger partial charge < -0.3 is 16.0 Å². The van der Waals surface area contributed by atoms with E-state index in [1.807, 2.05) is 36.2 Å². The number of nitrogens with zero attached hydrogens (tertiary/aromatic N) is 1. The van der Waals surface area contributed by atoms with Crippen LogP contribution in [0.2, 0.25) is 0 Å². The maximum Gasteiger partial charge on any atom is 0.221 e. The highest BCUT2D eigenvalue weighted by Crippen LogP contribution is 2.18. The molecule has 92 valence electrons. The van der Waals surface area contributed by atoms with Crippen molar-refractivity contribution >= 4 is 28.8 Å². The molecular weight excluding hydrogens is 234 g/mol. The van der Waals surface area contributed by atoms with Crippen molar-refractivity contribution in [1.82, 2.24) is 5.32 Å². The number of amides is 1. The summed E-state index contributed by atoms with van der Waals surface area (Å²) >= 11 is 5.00. The van der Waals surface area contributed by atoms with E-state index in [4.69, 9.17) is 18.0 Å². The zero-order valence-corrected chi connectivity index (χ0v) is 10.9. The van der Waals surface area contributed by atoms with Gasteiger partial charge in [0.05, 0.1) is 0 Å². The molecule has 1 aromatic carbocycles. The molecule has 0 saturated carbocycles. The maximum absolute atomic E-state index is 11.2. The summed E-state index contributed by atoms with van der Waals surface area (Å²) in [6.07, 6.45) is 0.443. The first kappa shape index (κ1) is 13.4. The Bertz CT molecular complexity index is 420. The van der Waals surface area contributed by atoms with Gasteiger partial charge in [-0.1, -0.05) is 24.4 Å². The van der Waals surface area contributed by atoms with Crippen LogP contribution in [0.15, 0.2) is 24.3 Å². The van der Waals surface area contributed by atoms with Crippen LogP contribution in [0.5, 0.6) is 0 Å². The molecule has 1 aromatic rings. The van der Waals surface area contributed by atoms with Crippen molar-refractivity contribution < 1.29 is 4.79 Å². The van der Waals surface area contributed by atoms with Gasteiger partial charge in [-0.05, 0) is 12.1 Å². The van der Waals surface area contributed by atoms with Crippen molar-refractivity contribution in [2.45, 2.75) is 6.42 Å². The number of hydrogen-bond acceptors (Lipinski definition) is 3. The molecular formula is C12H17N3OS. The second-order valence-corrected chi connectivity index (χ2v) is 4.17. The standard InChI is InChI=1S/C12H17N3OS/c1-14-11(16)7-8-15(2)10-6-4-3-5-9(10)12(13)17/h3-6H,7-8H2,1-2H3,(H2,13,17)(H,14,16). The Balaban J connectivity index is 2.78. The van der Waals surface area contributed by atoms with Crippen molar-refractivity contribution in [1.29, 1.82) is 0 Å². The molecule has 3 N–H and O–H groups in total. The van der Waals surface area contributed by atoms with E-state index in [0.29, 0.717) is 18.0 Å². The summed E-state index contributed by atoms with van der Waals surface area (Å²) in [7, 11) is 3.55. The van der Waals surface area contributed by atoms with Crippen LogP contribution in [-0.2, 0) is 4.79 Å². The largest absolute Gasteiger partial charge is 0.389 e. The average molecular weight is 251 g/mol. The van der Waals surface area contributed by atoms with Gasteiger partial charge in [-0.25, -0.2) is 0 Å². The second kappa shape index (κ2) is 6.20. The molecule has 0 fully saturated rings. The van der Waals surface area contributed by atoms with E-state index in [2.05, 4.69) is 5.32 Å². The predicted octanol–water partition coefficient (Wildman–Crippen LogP) is 0.893. The van der Waals surface area contributed by atoms with Gasteiger partial charge in [0.25, 0.3) is 0 Å². The first-order chi connectivity index (χ1) is 8.06. The maximum atomic E-state index is 11.2. The molecule has 17 heavy (non-hydrogen) atoms. The fraction of sp³-hybridized carbons (Fsp3) is 0.333. The van der Waals surface area contributed by atoms with Gasteiger partial charge in [0.2, 0.25) is 5.91 Å². The number of carbonyl (C=O) groups is 1. The number of nitrogens with one attached hydrogen (secondary N) is 1. The summed E-state index contributed by atoms with van der Waals surface area (Å²) in [5.41, 5.74) is 7.44. The number of hydrogen-bond donors (Lipinski definition) is 2. The van der Waals surface area contributed by atoms with Crippen LogP contribution in [0.4, 0.5) is 5.69 Å². The Morgan fingerprint density at radius 2 is 2.12 bits per heavy atom. The van der Waals surface area contributed by atoms with Gasteiger partial charge in [-0.15, -0.1) is 0 Å². The molecule has 4 nitrogen and oxygen atoms in total. The quantitative estimate of drug-likeness (QED) is 0.763. The number of thiocarbonyl (C=S) groups is 1. The first-order valence-electron chi connectivity index (χ1n) is 5.36. The highest BCUT2D eigenvalue weighted by Gasteiger charge is 2.09. The average Bonchev–Trinajstić information content (AvgIpc) is 2.35. The topological polar surface area (TPSA) is 58.4 Å². The molecule has 0 saturated heterocycles. The Morgan fingerprint density at radius 1 is 1.47 bits per heavy atom. The van der Waals surface area contributed by atoms with Crippen molar-refractivity contribution in [2.75, 3.05) is 25.5 Å². The smallest absolute Gasteiger partial charge is 0.221 e. The summed E-state index contributed by atoms with van der Waals surface area (Å²) in [6.45, 7) is 0.624. The molecule has 5 heteroatoms. The summed E-state index contributed by atoms with van der Waals surface area (Å²) in [5, 5.41) is 2.59. The normalized spacial score (nSPS) is 9.76. The Kier molecular flexibility index (Phi) is 4.90. The van der Waals surface area contributed by atoms with Crippen molar-refractivity contribution in [2.24, 2.45) is 5.73 Å². The van der Waals surface area contributed by atoms with Crippen LogP contribution in [0.25, 0.3) is 0 Å². The molecule has 0 radical (unpaired) electrons. The van der Waals surface area contributed by atoms with Crippen LogP contribution < -0.4 is 16.0 Å². The number of carbonyl (C=O) groups excluding carboxylic acids is 1. The van der Waals surface area contributed by atoms with E-state index in [0.717, 1.165) is 11.3 Å². The van der Waals surface area contributed by atoms with Gasteiger partial charge in [-0.3, -0.25) is 4.79 Å². The van der Waals surface area contributed by atoms with E-state index < -0.39 is 0 Å². The van der Waals surface area contributed by atoms with E-state index in [-0.39, 0.29) is 5.91 Å². The first-order valence-corrected chi connectivity index (χ1v) is 5.77. The molecule has 1 amide bonds. The summed E-state index contributed by atoms with van der Waals surface area (Å²) in [5.74, 6) is 0.0182. The molecule has 0 aromatic heterocycles. The lowest BCUT2D eigenvalue weighted by molar-refractivity contribution is -0.120. The van der Waals surface area contributed by atoms with Crippen LogP contribution in [-0.4, -0.2) is 31.5 Å². The third kappa shape index (κ3) is 3.71. The van der Waals surface area contributed by atoms with Gasteiger partial charge in [0.15, 0.2) is 0 Å². The lowest BCUT2D eigenvalue weighted by Crippen LogP contribution is -2.27. The molecule has 1 rings (SSSR count). The fourth-order valence-electron chi connectivity index (χ4n) is 1.53.